The van der Waals surface area contributed by atoms with Gasteiger partial charge in [0.2, 0.25) is 5.91 Å². The van der Waals surface area contributed by atoms with Gasteiger partial charge in [-0.1, -0.05) is 11.6 Å². The van der Waals surface area contributed by atoms with Crippen LogP contribution in [0.4, 0.5) is 17.1 Å². The fraction of sp³-hybridized carbons (Fsp3) is 0.350. The lowest BCUT2D eigenvalue weighted by molar-refractivity contribution is -0.114. The normalized spacial score (nSPS) is 13.4. The number of rotatable bonds is 7. The molecule has 1 aliphatic heterocycles. The highest BCUT2D eigenvalue weighted by Crippen LogP contribution is 2.32. The summed E-state index contributed by atoms with van der Waals surface area (Å²) in [6, 6.07) is 11.0. The number of nitrogens with zero attached hydrogens (tertiary/aromatic N) is 1. The summed E-state index contributed by atoms with van der Waals surface area (Å²) in [5.74, 6) is 1.03. The van der Waals surface area contributed by atoms with Gasteiger partial charge in [-0.25, -0.2) is 0 Å². The van der Waals surface area contributed by atoms with E-state index in [2.05, 4.69) is 15.5 Å². The lowest BCUT2D eigenvalue weighted by Crippen LogP contribution is -2.24. The number of carbonyl (C=O) groups is 1. The SMILES string of the molecule is COc1ccc(OC)c(NC(=O)CNc2cc(Cl)ccc2N2CCCC2)c1. The Balaban J connectivity index is 1.68. The molecule has 0 saturated carbocycles. The maximum Gasteiger partial charge on any atom is 0.243 e. The van der Waals surface area contributed by atoms with Crippen molar-refractivity contribution in [2.45, 2.75) is 12.8 Å². The highest BCUT2D eigenvalue weighted by Gasteiger charge is 2.17. The summed E-state index contributed by atoms with van der Waals surface area (Å²) in [5, 5.41) is 6.70. The summed E-state index contributed by atoms with van der Waals surface area (Å²) in [4.78, 5) is 14.8. The molecule has 0 spiro atoms. The molecule has 0 aromatic heterocycles. The first-order chi connectivity index (χ1) is 13.1. The summed E-state index contributed by atoms with van der Waals surface area (Å²) < 4.78 is 10.5. The molecule has 0 unspecified atom stereocenters. The molecule has 0 bridgehead atoms. The minimum Gasteiger partial charge on any atom is -0.497 e. The third-order valence-corrected chi connectivity index (χ3v) is 4.76. The molecule has 144 valence electrons. The minimum absolute atomic E-state index is 0.113. The van der Waals surface area contributed by atoms with Gasteiger partial charge in [-0.15, -0.1) is 0 Å². The zero-order valence-corrected chi connectivity index (χ0v) is 16.3. The maximum absolute atomic E-state index is 12.5. The van der Waals surface area contributed by atoms with Gasteiger partial charge >= 0.3 is 0 Å². The first-order valence-corrected chi connectivity index (χ1v) is 9.29. The van der Waals surface area contributed by atoms with Crippen LogP contribution >= 0.6 is 11.6 Å². The molecule has 27 heavy (non-hydrogen) atoms. The van der Waals surface area contributed by atoms with E-state index in [1.807, 2.05) is 18.2 Å². The minimum atomic E-state index is -0.186. The highest BCUT2D eigenvalue weighted by molar-refractivity contribution is 6.31. The van der Waals surface area contributed by atoms with Crippen LogP contribution in [-0.2, 0) is 4.79 Å². The van der Waals surface area contributed by atoms with Gasteiger partial charge in [0.05, 0.1) is 37.8 Å². The number of amides is 1. The number of carbonyl (C=O) groups excluding carboxylic acids is 1. The average Bonchev–Trinajstić information content (AvgIpc) is 3.21. The summed E-state index contributed by atoms with van der Waals surface area (Å²) in [7, 11) is 3.14. The largest absolute Gasteiger partial charge is 0.497 e. The lowest BCUT2D eigenvalue weighted by Gasteiger charge is -2.22. The smallest absolute Gasteiger partial charge is 0.243 e. The Bertz CT molecular complexity index is 807. The Morgan fingerprint density at radius 3 is 2.56 bits per heavy atom. The second-order valence-corrected chi connectivity index (χ2v) is 6.76. The van der Waals surface area contributed by atoms with Crippen molar-refractivity contribution in [1.29, 1.82) is 0 Å². The third kappa shape index (κ3) is 4.77. The van der Waals surface area contributed by atoms with Gasteiger partial charge in [0, 0.05) is 24.2 Å². The van der Waals surface area contributed by atoms with Gasteiger partial charge in [-0.05, 0) is 43.2 Å². The van der Waals surface area contributed by atoms with Crippen LogP contribution < -0.4 is 25.0 Å². The molecule has 1 saturated heterocycles. The molecular formula is C20H24ClN3O3. The molecule has 1 fully saturated rings. The second kappa shape index (κ2) is 8.86. The molecule has 1 heterocycles. The van der Waals surface area contributed by atoms with Gasteiger partial charge in [0.25, 0.3) is 0 Å². The van der Waals surface area contributed by atoms with E-state index >= 15 is 0 Å². The first-order valence-electron chi connectivity index (χ1n) is 8.91. The van der Waals surface area contributed by atoms with Crippen LogP contribution in [0.15, 0.2) is 36.4 Å². The van der Waals surface area contributed by atoms with Crippen molar-refractivity contribution in [2.24, 2.45) is 0 Å². The van der Waals surface area contributed by atoms with Crippen LogP contribution in [-0.4, -0.2) is 39.8 Å². The van der Waals surface area contributed by atoms with Gasteiger partial charge in [-0.2, -0.15) is 0 Å². The van der Waals surface area contributed by atoms with E-state index in [0.717, 1.165) is 24.5 Å². The van der Waals surface area contributed by atoms with Crippen LogP contribution in [0.2, 0.25) is 5.02 Å². The van der Waals surface area contributed by atoms with Gasteiger partial charge in [0.15, 0.2) is 0 Å². The number of methoxy groups -OCH3 is 2. The fourth-order valence-electron chi connectivity index (χ4n) is 3.17. The summed E-state index contributed by atoms with van der Waals surface area (Å²) in [5.41, 5.74) is 2.50. The summed E-state index contributed by atoms with van der Waals surface area (Å²) in [6.45, 7) is 2.15. The zero-order valence-electron chi connectivity index (χ0n) is 15.5. The Morgan fingerprint density at radius 1 is 1.07 bits per heavy atom. The topological polar surface area (TPSA) is 62.8 Å². The quantitative estimate of drug-likeness (QED) is 0.749. The van der Waals surface area contributed by atoms with E-state index in [-0.39, 0.29) is 12.5 Å². The van der Waals surface area contributed by atoms with Gasteiger partial charge in [-0.3, -0.25) is 4.79 Å². The predicted molar refractivity (Wildman–Crippen MR) is 110 cm³/mol. The molecule has 1 amide bonds. The van der Waals surface area contributed by atoms with Crippen molar-refractivity contribution >= 4 is 34.6 Å². The number of nitrogens with one attached hydrogen (secondary N) is 2. The molecule has 1 aliphatic rings. The zero-order chi connectivity index (χ0) is 19.2. The van der Waals surface area contributed by atoms with E-state index in [1.54, 1.807) is 32.4 Å². The maximum atomic E-state index is 12.5. The molecule has 2 aromatic carbocycles. The second-order valence-electron chi connectivity index (χ2n) is 6.32. The van der Waals surface area contributed by atoms with Crippen LogP contribution in [0, 0.1) is 0 Å². The molecule has 0 atom stereocenters. The van der Waals surface area contributed by atoms with E-state index < -0.39 is 0 Å². The molecule has 0 radical (unpaired) electrons. The molecular weight excluding hydrogens is 366 g/mol. The first kappa shape index (κ1) is 19.2. The van der Waals surface area contributed by atoms with Crippen molar-refractivity contribution in [2.75, 3.05) is 49.4 Å². The lowest BCUT2D eigenvalue weighted by atomic mass is 10.2. The van der Waals surface area contributed by atoms with Crippen molar-refractivity contribution in [3.05, 3.63) is 41.4 Å². The number of hydrogen-bond donors (Lipinski definition) is 2. The highest BCUT2D eigenvalue weighted by atomic mass is 35.5. The summed E-state index contributed by atoms with van der Waals surface area (Å²) >= 11 is 6.15. The standard InChI is InChI=1S/C20H24ClN3O3/c1-26-15-6-8-19(27-2)17(12-15)23-20(25)13-22-16-11-14(21)5-7-18(16)24-9-3-4-10-24/h5-8,11-12,22H,3-4,9-10,13H2,1-2H3,(H,23,25). The predicted octanol–water partition coefficient (Wildman–Crippen LogP) is 4.01. The number of anilines is 3. The van der Waals surface area contributed by atoms with E-state index in [4.69, 9.17) is 21.1 Å². The monoisotopic (exact) mass is 389 g/mol. The molecule has 3 rings (SSSR count). The van der Waals surface area contributed by atoms with Crippen molar-refractivity contribution < 1.29 is 14.3 Å². The average molecular weight is 390 g/mol. The number of hydrogen-bond acceptors (Lipinski definition) is 5. The number of benzene rings is 2. The van der Waals surface area contributed by atoms with Gasteiger partial charge in [0.1, 0.15) is 11.5 Å². The van der Waals surface area contributed by atoms with Crippen LogP contribution in [0.5, 0.6) is 11.5 Å². The Kier molecular flexibility index (Phi) is 6.29. The van der Waals surface area contributed by atoms with Crippen molar-refractivity contribution in [1.82, 2.24) is 0 Å². The third-order valence-electron chi connectivity index (χ3n) is 4.53. The van der Waals surface area contributed by atoms with E-state index in [9.17, 15) is 4.79 Å². The number of halogens is 1. The number of ether oxygens (including phenoxy) is 2. The van der Waals surface area contributed by atoms with Crippen LogP contribution in [0.1, 0.15) is 12.8 Å². The summed E-state index contributed by atoms with van der Waals surface area (Å²) in [6.07, 6.45) is 2.36. The van der Waals surface area contributed by atoms with E-state index in [0.29, 0.717) is 22.2 Å². The Hall–Kier alpha value is -2.60. The Morgan fingerprint density at radius 2 is 1.85 bits per heavy atom. The molecule has 2 N–H and O–H groups in total. The van der Waals surface area contributed by atoms with Gasteiger partial charge < -0.3 is 25.0 Å². The molecule has 6 nitrogen and oxygen atoms in total. The molecule has 2 aromatic rings. The van der Waals surface area contributed by atoms with Crippen molar-refractivity contribution in [3.63, 3.8) is 0 Å². The Labute approximate surface area is 164 Å². The van der Waals surface area contributed by atoms with Crippen LogP contribution in [0.25, 0.3) is 0 Å². The molecule has 0 aliphatic carbocycles. The van der Waals surface area contributed by atoms with E-state index in [1.165, 1.54) is 12.8 Å². The molecule has 7 heteroatoms. The fourth-order valence-corrected chi connectivity index (χ4v) is 3.34. The van der Waals surface area contributed by atoms with Crippen molar-refractivity contribution in [3.8, 4) is 11.5 Å². The van der Waals surface area contributed by atoms with Crippen LogP contribution in [0.3, 0.4) is 0 Å².